The van der Waals surface area contributed by atoms with E-state index in [1.165, 1.54) is 11.8 Å². The van der Waals surface area contributed by atoms with Gasteiger partial charge in [0.1, 0.15) is 4.32 Å². The first-order valence-electron chi connectivity index (χ1n) is 5.09. The molecule has 1 heterocycles. The first-order chi connectivity index (χ1) is 7.99. The number of anilines is 1. The van der Waals surface area contributed by atoms with Crippen molar-refractivity contribution in [2.75, 3.05) is 5.73 Å². The predicted molar refractivity (Wildman–Crippen MR) is 76.5 cm³/mol. The van der Waals surface area contributed by atoms with Crippen LogP contribution in [0.5, 0.6) is 0 Å². The van der Waals surface area contributed by atoms with Crippen LogP contribution in [0, 0.1) is 6.92 Å². The Hall–Kier alpha value is -1.33. The molecule has 0 aliphatic carbocycles. The molecule has 5 heteroatoms. The molecule has 0 atom stereocenters. The fourth-order valence-corrected chi connectivity index (χ4v) is 2.87. The van der Waals surface area contributed by atoms with Gasteiger partial charge in [0.2, 0.25) is 0 Å². The molecule has 0 aromatic heterocycles. The Kier molecular flexibility index (Phi) is 3.22. The quantitative estimate of drug-likeness (QED) is 0.465. The molecular formula is C12H12N2OS2. The molecule has 1 aliphatic heterocycles. The van der Waals surface area contributed by atoms with Crippen molar-refractivity contribution in [3.8, 4) is 0 Å². The van der Waals surface area contributed by atoms with Crippen LogP contribution in [0.3, 0.4) is 0 Å². The smallest absolute Gasteiger partial charge is 0.263 e. The summed E-state index contributed by atoms with van der Waals surface area (Å²) in [7, 11) is 0. The van der Waals surface area contributed by atoms with Crippen molar-refractivity contribution in [1.29, 1.82) is 0 Å². The van der Waals surface area contributed by atoms with Crippen molar-refractivity contribution in [3.63, 3.8) is 0 Å². The average molecular weight is 264 g/mol. The fourth-order valence-electron chi connectivity index (χ4n) is 1.79. The lowest BCUT2D eigenvalue weighted by Crippen LogP contribution is -2.18. The average Bonchev–Trinajstić information content (AvgIpc) is 2.57. The van der Waals surface area contributed by atoms with Crippen molar-refractivity contribution in [3.05, 3.63) is 34.2 Å². The van der Waals surface area contributed by atoms with E-state index in [1.807, 2.05) is 32.0 Å². The number of benzene rings is 1. The molecule has 88 valence electrons. The van der Waals surface area contributed by atoms with Gasteiger partial charge in [0.05, 0.1) is 4.91 Å². The highest BCUT2D eigenvalue weighted by Crippen LogP contribution is 2.33. The third-order valence-corrected chi connectivity index (χ3v) is 3.95. The van der Waals surface area contributed by atoms with E-state index in [1.54, 1.807) is 0 Å². The summed E-state index contributed by atoms with van der Waals surface area (Å²) in [6.07, 6.45) is 0. The zero-order valence-corrected chi connectivity index (χ0v) is 11.2. The van der Waals surface area contributed by atoms with Crippen LogP contribution in [0.4, 0.5) is 5.69 Å². The predicted octanol–water partition coefficient (Wildman–Crippen LogP) is 2.46. The maximum Gasteiger partial charge on any atom is 0.263 e. The Morgan fingerprint density at radius 1 is 1.47 bits per heavy atom. The third-order valence-electron chi connectivity index (χ3n) is 2.61. The van der Waals surface area contributed by atoms with Crippen molar-refractivity contribution < 1.29 is 4.79 Å². The molecule has 0 unspecified atom stereocenters. The van der Waals surface area contributed by atoms with E-state index in [-0.39, 0.29) is 5.91 Å². The minimum absolute atomic E-state index is 0.117. The number of rotatable bonds is 1. The van der Waals surface area contributed by atoms with Gasteiger partial charge < -0.3 is 11.1 Å². The number of thiocarbonyl (C=S) groups is 1. The van der Waals surface area contributed by atoms with E-state index in [0.29, 0.717) is 9.23 Å². The van der Waals surface area contributed by atoms with Crippen LogP contribution in [0.2, 0.25) is 0 Å². The SMILES string of the molecule is CC(=C1SC(=S)NC1=O)c1ccc(N)cc1C. The molecule has 3 nitrogen and oxygen atoms in total. The van der Waals surface area contributed by atoms with E-state index in [4.69, 9.17) is 18.0 Å². The fraction of sp³-hybridized carbons (Fsp3) is 0.167. The minimum atomic E-state index is -0.117. The molecular weight excluding hydrogens is 252 g/mol. The number of hydrogen-bond donors (Lipinski definition) is 2. The van der Waals surface area contributed by atoms with Gasteiger partial charge in [-0.05, 0) is 42.7 Å². The Morgan fingerprint density at radius 3 is 2.71 bits per heavy atom. The second kappa shape index (κ2) is 4.50. The van der Waals surface area contributed by atoms with Gasteiger partial charge in [0, 0.05) is 5.69 Å². The number of carbonyl (C=O) groups is 1. The molecule has 0 spiro atoms. The Labute approximate surface area is 109 Å². The number of carbonyl (C=O) groups excluding carboxylic acids is 1. The van der Waals surface area contributed by atoms with E-state index in [0.717, 1.165) is 22.4 Å². The van der Waals surface area contributed by atoms with Crippen molar-refractivity contribution >= 4 is 45.5 Å². The number of allylic oxidation sites excluding steroid dienone is 1. The number of aryl methyl sites for hydroxylation is 1. The normalized spacial score (nSPS) is 18.2. The van der Waals surface area contributed by atoms with Gasteiger partial charge in [-0.15, -0.1) is 0 Å². The zero-order valence-electron chi connectivity index (χ0n) is 9.53. The molecule has 17 heavy (non-hydrogen) atoms. The first-order valence-corrected chi connectivity index (χ1v) is 6.32. The minimum Gasteiger partial charge on any atom is -0.399 e. The molecule has 1 fully saturated rings. The summed E-state index contributed by atoms with van der Waals surface area (Å²) in [5, 5.41) is 2.62. The van der Waals surface area contributed by atoms with Gasteiger partial charge in [0.25, 0.3) is 5.91 Å². The van der Waals surface area contributed by atoms with Crippen LogP contribution < -0.4 is 11.1 Å². The van der Waals surface area contributed by atoms with Crippen molar-refractivity contribution in [2.45, 2.75) is 13.8 Å². The van der Waals surface area contributed by atoms with Crippen molar-refractivity contribution in [1.82, 2.24) is 5.32 Å². The van der Waals surface area contributed by atoms with E-state index >= 15 is 0 Å². The van der Waals surface area contributed by atoms with Crippen LogP contribution in [-0.2, 0) is 4.79 Å². The van der Waals surface area contributed by atoms with Crippen LogP contribution >= 0.6 is 24.0 Å². The number of hydrogen-bond acceptors (Lipinski definition) is 4. The highest BCUT2D eigenvalue weighted by Gasteiger charge is 2.25. The van der Waals surface area contributed by atoms with E-state index < -0.39 is 0 Å². The molecule has 0 radical (unpaired) electrons. The Bertz CT molecular complexity index is 549. The highest BCUT2D eigenvalue weighted by molar-refractivity contribution is 8.26. The Balaban J connectivity index is 2.50. The van der Waals surface area contributed by atoms with Gasteiger partial charge in [-0.25, -0.2) is 0 Å². The lowest BCUT2D eigenvalue weighted by Gasteiger charge is -2.08. The highest BCUT2D eigenvalue weighted by atomic mass is 32.2. The first kappa shape index (κ1) is 12.1. The number of nitrogen functional groups attached to an aromatic ring is 1. The summed E-state index contributed by atoms with van der Waals surface area (Å²) < 4.78 is 0.512. The standard InChI is InChI=1S/C12H12N2OS2/c1-6-5-8(13)3-4-9(6)7(2)10-11(15)14-12(16)17-10/h3-5H,13H2,1-2H3,(H,14,15,16). The summed E-state index contributed by atoms with van der Waals surface area (Å²) in [6, 6.07) is 5.67. The largest absolute Gasteiger partial charge is 0.399 e. The molecule has 0 bridgehead atoms. The van der Waals surface area contributed by atoms with Gasteiger partial charge in [-0.3, -0.25) is 4.79 Å². The number of nitrogens with two attached hydrogens (primary N) is 1. The van der Waals surface area contributed by atoms with Gasteiger partial charge >= 0.3 is 0 Å². The monoisotopic (exact) mass is 264 g/mol. The van der Waals surface area contributed by atoms with Crippen LogP contribution in [0.25, 0.3) is 5.57 Å². The Morgan fingerprint density at radius 2 is 2.18 bits per heavy atom. The maximum absolute atomic E-state index is 11.7. The summed E-state index contributed by atoms with van der Waals surface area (Å²) in [4.78, 5) is 12.3. The van der Waals surface area contributed by atoms with Gasteiger partial charge in [-0.1, -0.05) is 30.0 Å². The van der Waals surface area contributed by atoms with Gasteiger partial charge in [0.15, 0.2) is 0 Å². The second-order valence-electron chi connectivity index (χ2n) is 3.87. The zero-order chi connectivity index (χ0) is 12.6. The topological polar surface area (TPSA) is 55.1 Å². The molecule has 1 aromatic rings. The second-order valence-corrected chi connectivity index (χ2v) is 5.56. The van der Waals surface area contributed by atoms with Crippen molar-refractivity contribution in [2.24, 2.45) is 0 Å². The molecule has 1 aliphatic rings. The molecule has 1 saturated heterocycles. The lowest BCUT2D eigenvalue weighted by molar-refractivity contribution is -0.115. The van der Waals surface area contributed by atoms with Crippen LogP contribution in [0.1, 0.15) is 18.1 Å². The van der Waals surface area contributed by atoms with E-state index in [9.17, 15) is 4.79 Å². The number of nitrogens with one attached hydrogen (secondary N) is 1. The van der Waals surface area contributed by atoms with E-state index in [2.05, 4.69) is 5.32 Å². The number of amides is 1. The lowest BCUT2D eigenvalue weighted by atomic mass is 10.0. The molecule has 3 N–H and O–H groups in total. The summed E-state index contributed by atoms with van der Waals surface area (Å²) in [5.74, 6) is -0.117. The summed E-state index contributed by atoms with van der Waals surface area (Å²) in [6.45, 7) is 3.90. The maximum atomic E-state index is 11.7. The molecule has 1 amide bonds. The third kappa shape index (κ3) is 2.35. The summed E-state index contributed by atoms with van der Waals surface area (Å²) >= 11 is 6.28. The molecule has 1 aromatic carbocycles. The van der Waals surface area contributed by atoms with Gasteiger partial charge in [-0.2, -0.15) is 0 Å². The number of thioether (sulfide) groups is 1. The van der Waals surface area contributed by atoms with Crippen LogP contribution in [0.15, 0.2) is 23.1 Å². The van der Waals surface area contributed by atoms with Crippen LogP contribution in [-0.4, -0.2) is 10.2 Å². The molecule has 0 saturated carbocycles. The molecule has 2 rings (SSSR count). The summed E-state index contributed by atoms with van der Waals surface area (Å²) in [5.41, 5.74) is 9.46.